The highest BCUT2D eigenvalue weighted by Gasteiger charge is 2.19. The van der Waals surface area contributed by atoms with Crippen LogP contribution >= 0.6 is 12.6 Å². The van der Waals surface area contributed by atoms with Gasteiger partial charge in [-0.25, -0.2) is 4.79 Å². The number of thiol groups is 1. The van der Waals surface area contributed by atoms with E-state index >= 15 is 0 Å². The Balaban J connectivity index is 3.15. The van der Waals surface area contributed by atoms with Gasteiger partial charge in [0.1, 0.15) is 0 Å². The number of nitrogens with zero attached hydrogens (tertiary/aromatic N) is 3. The molecule has 0 atom stereocenters. The molecular weight excluding hydrogens is 286 g/mol. The zero-order valence-electron chi connectivity index (χ0n) is 11.2. The second-order valence-corrected chi connectivity index (χ2v) is 4.49. The smallest absolute Gasteiger partial charge is 0.350 e. The molecule has 0 spiro atoms. The summed E-state index contributed by atoms with van der Waals surface area (Å²) in [6, 6.07) is 0. The maximum Gasteiger partial charge on any atom is 0.350 e. The lowest BCUT2D eigenvalue weighted by atomic mass is 10.4. The number of nitro groups is 1. The van der Waals surface area contributed by atoms with Gasteiger partial charge in [-0.3, -0.25) is 24.0 Å². The molecule has 9 heteroatoms. The lowest BCUT2D eigenvalue weighted by molar-refractivity contribution is -0.387. The molecule has 1 aromatic rings. The number of ether oxygens (including phenoxy) is 1. The molecule has 0 bridgehead atoms. The van der Waals surface area contributed by atoms with Crippen molar-refractivity contribution in [3.8, 4) is 0 Å². The Bertz CT molecular complexity index is 580. The average Bonchev–Trinajstić information content (AvgIpc) is 2.40. The van der Waals surface area contributed by atoms with Crippen molar-refractivity contribution in [1.82, 2.24) is 9.13 Å². The van der Waals surface area contributed by atoms with Gasteiger partial charge >= 0.3 is 16.9 Å². The number of hydrogen-bond acceptors (Lipinski definition) is 6. The van der Waals surface area contributed by atoms with Crippen LogP contribution in [0.5, 0.6) is 0 Å². The lowest BCUT2D eigenvalue weighted by Crippen LogP contribution is -2.41. The van der Waals surface area contributed by atoms with Gasteiger partial charge in [-0.1, -0.05) is 6.92 Å². The van der Waals surface area contributed by atoms with E-state index in [0.29, 0.717) is 25.3 Å². The van der Waals surface area contributed by atoms with Crippen LogP contribution in [-0.2, 0) is 17.8 Å². The summed E-state index contributed by atoms with van der Waals surface area (Å²) in [6.07, 6.45) is 1.63. The van der Waals surface area contributed by atoms with Gasteiger partial charge in [-0.2, -0.15) is 12.6 Å². The van der Waals surface area contributed by atoms with E-state index in [1.165, 1.54) is 4.57 Å². The van der Waals surface area contributed by atoms with Crippen LogP contribution in [-0.4, -0.2) is 33.0 Å². The van der Waals surface area contributed by atoms with Crippen molar-refractivity contribution < 1.29 is 9.66 Å². The first-order valence-corrected chi connectivity index (χ1v) is 6.83. The van der Waals surface area contributed by atoms with E-state index in [0.717, 1.165) is 10.8 Å². The zero-order valence-corrected chi connectivity index (χ0v) is 12.0. The molecule has 0 saturated heterocycles. The van der Waals surface area contributed by atoms with Gasteiger partial charge in [0.15, 0.2) is 0 Å². The first-order valence-electron chi connectivity index (χ1n) is 6.20. The number of aromatic nitrogens is 2. The van der Waals surface area contributed by atoms with E-state index in [4.69, 9.17) is 4.74 Å². The maximum absolute atomic E-state index is 12.1. The number of aryl methyl sites for hydroxylation is 1. The molecule has 0 aliphatic carbocycles. The Labute approximate surface area is 120 Å². The van der Waals surface area contributed by atoms with Crippen molar-refractivity contribution in [1.29, 1.82) is 0 Å². The fourth-order valence-electron chi connectivity index (χ4n) is 1.68. The van der Waals surface area contributed by atoms with Crippen LogP contribution in [0.25, 0.3) is 0 Å². The van der Waals surface area contributed by atoms with E-state index in [1.807, 2.05) is 6.92 Å². The van der Waals surface area contributed by atoms with Crippen LogP contribution in [0.1, 0.15) is 13.3 Å². The fourth-order valence-corrected chi connectivity index (χ4v) is 1.81. The van der Waals surface area contributed by atoms with Gasteiger partial charge in [0.25, 0.3) is 0 Å². The molecule has 0 N–H and O–H groups in total. The van der Waals surface area contributed by atoms with E-state index in [9.17, 15) is 19.7 Å². The average molecular weight is 303 g/mol. The summed E-state index contributed by atoms with van der Waals surface area (Å²) >= 11 is 3.96. The molecule has 0 aliphatic heterocycles. The molecule has 112 valence electrons. The summed E-state index contributed by atoms with van der Waals surface area (Å²) in [5, 5.41) is 10.9. The third kappa shape index (κ3) is 3.94. The molecule has 8 nitrogen and oxygen atoms in total. The summed E-state index contributed by atoms with van der Waals surface area (Å²) in [5.74, 6) is 0.518. The highest BCUT2D eigenvalue weighted by atomic mass is 32.1. The van der Waals surface area contributed by atoms with Crippen LogP contribution in [0.2, 0.25) is 0 Å². The highest BCUT2D eigenvalue weighted by molar-refractivity contribution is 7.80. The van der Waals surface area contributed by atoms with E-state index in [2.05, 4.69) is 12.6 Å². The van der Waals surface area contributed by atoms with Gasteiger partial charge in [-0.05, 0) is 6.42 Å². The van der Waals surface area contributed by atoms with Crippen LogP contribution in [0, 0.1) is 10.1 Å². The molecule has 0 amide bonds. The first kappa shape index (κ1) is 16.4. The zero-order chi connectivity index (χ0) is 15.1. The van der Waals surface area contributed by atoms with E-state index in [1.54, 1.807) is 0 Å². The molecular formula is C11H17N3O5S. The summed E-state index contributed by atoms with van der Waals surface area (Å²) in [6.45, 7) is 2.65. The third-order valence-corrected chi connectivity index (χ3v) is 2.76. The van der Waals surface area contributed by atoms with E-state index < -0.39 is 21.9 Å². The molecule has 0 saturated carbocycles. The molecule has 20 heavy (non-hydrogen) atoms. The molecule has 0 radical (unpaired) electrons. The van der Waals surface area contributed by atoms with Crippen LogP contribution < -0.4 is 11.2 Å². The second-order valence-electron chi connectivity index (χ2n) is 4.04. The SMILES string of the molecule is CCCn1cc([N+](=O)[O-])c(=O)n(CCOCCS)c1=O. The van der Waals surface area contributed by atoms with Gasteiger partial charge in [-0.15, -0.1) is 0 Å². The summed E-state index contributed by atoms with van der Waals surface area (Å²) < 4.78 is 7.16. The first-order chi connectivity index (χ1) is 9.52. The molecule has 1 aromatic heterocycles. The topological polar surface area (TPSA) is 96.4 Å². The van der Waals surface area contributed by atoms with Crippen molar-refractivity contribution in [3.63, 3.8) is 0 Å². The Hall–Kier alpha value is -1.61. The quantitative estimate of drug-likeness (QED) is 0.322. The Kier molecular flexibility index (Phi) is 6.46. The van der Waals surface area contributed by atoms with Crippen molar-refractivity contribution in [2.24, 2.45) is 0 Å². The Morgan fingerprint density at radius 3 is 2.60 bits per heavy atom. The standard InChI is InChI=1S/C11H17N3O5S/c1-2-3-12-8-9(14(17)18)10(15)13(11(12)16)4-5-19-6-7-20/h8,20H,2-7H2,1H3. The predicted octanol–water partition coefficient (Wildman–Crippen LogP) is 0.275. The van der Waals surface area contributed by atoms with Gasteiger partial charge in [0, 0.05) is 12.3 Å². The minimum absolute atomic E-state index is 0.0170. The normalized spacial score (nSPS) is 10.7. The van der Waals surface area contributed by atoms with Crippen molar-refractivity contribution in [3.05, 3.63) is 37.1 Å². The van der Waals surface area contributed by atoms with E-state index in [-0.39, 0.29) is 13.2 Å². The maximum atomic E-state index is 12.1. The highest BCUT2D eigenvalue weighted by Crippen LogP contribution is 2.01. The monoisotopic (exact) mass is 303 g/mol. The number of rotatable bonds is 8. The fraction of sp³-hybridized carbons (Fsp3) is 0.636. The van der Waals surface area contributed by atoms with Gasteiger partial charge < -0.3 is 4.74 Å². The third-order valence-electron chi connectivity index (χ3n) is 2.58. The summed E-state index contributed by atoms with van der Waals surface area (Å²) in [5.41, 5.74) is -2.06. The van der Waals surface area contributed by atoms with Crippen molar-refractivity contribution >= 4 is 18.3 Å². The molecule has 0 aliphatic rings. The minimum atomic E-state index is -0.901. The molecule has 1 heterocycles. The van der Waals surface area contributed by atoms with Crippen LogP contribution in [0.4, 0.5) is 5.69 Å². The summed E-state index contributed by atoms with van der Waals surface area (Å²) in [7, 11) is 0. The number of hydrogen-bond donors (Lipinski definition) is 1. The predicted molar refractivity (Wildman–Crippen MR) is 76.6 cm³/mol. The largest absolute Gasteiger partial charge is 0.379 e. The van der Waals surface area contributed by atoms with Crippen LogP contribution in [0.15, 0.2) is 15.8 Å². The Morgan fingerprint density at radius 2 is 2.05 bits per heavy atom. The van der Waals surface area contributed by atoms with Crippen LogP contribution in [0.3, 0.4) is 0 Å². The van der Waals surface area contributed by atoms with Gasteiger partial charge in [0.05, 0.1) is 30.9 Å². The molecule has 0 unspecified atom stereocenters. The van der Waals surface area contributed by atoms with Crippen molar-refractivity contribution in [2.45, 2.75) is 26.4 Å². The van der Waals surface area contributed by atoms with Gasteiger partial charge in [0.2, 0.25) is 0 Å². The molecule has 0 aromatic carbocycles. The van der Waals surface area contributed by atoms with Crippen molar-refractivity contribution in [2.75, 3.05) is 19.0 Å². The summed E-state index contributed by atoms with van der Waals surface area (Å²) in [4.78, 5) is 34.0. The Morgan fingerprint density at radius 1 is 1.35 bits per heavy atom. The lowest BCUT2D eigenvalue weighted by Gasteiger charge is -2.09. The minimum Gasteiger partial charge on any atom is -0.379 e. The molecule has 0 fully saturated rings. The molecule has 1 rings (SSSR count). The second kappa shape index (κ2) is 7.85.